The topological polar surface area (TPSA) is 58.6 Å². The minimum absolute atomic E-state index is 0.0162. The third-order valence-corrected chi connectivity index (χ3v) is 7.40. The number of halogens is 4. The minimum Gasteiger partial charge on any atom is -0.406 e. The van der Waals surface area contributed by atoms with E-state index in [1.807, 2.05) is 12.1 Å². The summed E-state index contributed by atoms with van der Waals surface area (Å²) in [5.41, 5.74) is 1.19. The van der Waals surface area contributed by atoms with E-state index in [4.69, 9.17) is 11.6 Å². The average Bonchev–Trinajstić information content (AvgIpc) is 3.26. The van der Waals surface area contributed by atoms with Gasteiger partial charge in [0.25, 0.3) is 5.91 Å². The summed E-state index contributed by atoms with van der Waals surface area (Å²) in [5, 5.41) is 4.07. The van der Waals surface area contributed by atoms with Crippen LogP contribution in [0.15, 0.2) is 42.5 Å². The first kappa shape index (κ1) is 21.1. The van der Waals surface area contributed by atoms with Gasteiger partial charge in [0.15, 0.2) is 0 Å². The van der Waals surface area contributed by atoms with E-state index in [1.54, 1.807) is 23.1 Å². The van der Waals surface area contributed by atoms with Crippen molar-refractivity contribution in [2.45, 2.75) is 24.7 Å². The zero-order chi connectivity index (χ0) is 22.7. The van der Waals surface area contributed by atoms with E-state index in [9.17, 15) is 22.8 Å². The molecule has 10 heteroatoms. The van der Waals surface area contributed by atoms with Gasteiger partial charge >= 0.3 is 6.36 Å². The number of carbonyl (C=O) groups is 2. The average molecular weight is 481 g/mol. The summed E-state index contributed by atoms with van der Waals surface area (Å²) in [7, 11) is 0. The zero-order valence-corrected chi connectivity index (χ0v) is 18.0. The van der Waals surface area contributed by atoms with Gasteiger partial charge in [0.2, 0.25) is 5.91 Å². The Bertz CT molecular complexity index is 1230. The second kappa shape index (κ2) is 7.38. The Morgan fingerprint density at radius 2 is 1.81 bits per heavy atom. The van der Waals surface area contributed by atoms with Crippen molar-refractivity contribution < 1.29 is 27.5 Å². The van der Waals surface area contributed by atoms with Gasteiger partial charge in [0, 0.05) is 29.6 Å². The van der Waals surface area contributed by atoms with E-state index in [0.717, 1.165) is 22.1 Å². The number of amides is 2. The number of likely N-dealkylation sites (tertiary alicyclic amines) is 1. The molecule has 32 heavy (non-hydrogen) atoms. The molecular formula is C22H16ClF3N2O3S. The molecule has 3 heterocycles. The van der Waals surface area contributed by atoms with Crippen molar-refractivity contribution in [2.75, 3.05) is 13.1 Å². The van der Waals surface area contributed by atoms with E-state index in [0.29, 0.717) is 35.0 Å². The number of hydrogen-bond acceptors (Lipinski definition) is 4. The summed E-state index contributed by atoms with van der Waals surface area (Å²) in [6.07, 6.45) is -3.53. The summed E-state index contributed by atoms with van der Waals surface area (Å²) in [6.45, 7) is 0.944. The van der Waals surface area contributed by atoms with Gasteiger partial charge in [0.05, 0.1) is 10.6 Å². The molecule has 5 nitrogen and oxygen atoms in total. The molecular weight excluding hydrogens is 465 g/mol. The number of alkyl halides is 3. The lowest BCUT2D eigenvalue weighted by Crippen LogP contribution is -2.68. The molecule has 2 aliphatic rings. The Hall–Kier alpha value is -2.78. The van der Waals surface area contributed by atoms with Gasteiger partial charge in [-0.2, -0.15) is 0 Å². The Morgan fingerprint density at radius 3 is 2.44 bits per heavy atom. The molecule has 0 radical (unpaired) electrons. The molecule has 2 aliphatic heterocycles. The normalized spacial score (nSPS) is 17.5. The molecule has 1 N–H and O–H groups in total. The van der Waals surface area contributed by atoms with Gasteiger partial charge in [-0.3, -0.25) is 9.59 Å². The van der Waals surface area contributed by atoms with E-state index < -0.39 is 6.36 Å². The van der Waals surface area contributed by atoms with Crippen molar-refractivity contribution in [1.82, 2.24) is 10.2 Å². The highest BCUT2D eigenvalue weighted by molar-refractivity contribution is 7.21. The van der Waals surface area contributed by atoms with Crippen LogP contribution in [0.5, 0.6) is 5.75 Å². The van der Waals surface area contributed by atoms with Crippen molar-refractivity contribution in [3.63, 3.8) is 0 Å². The van der Waals surface area contributed by atoms with Gasteiger partial charge in [-0.1, -0.05) is 35.9 Å². The number of carbonyl (C=O) groups excluding carboxylic acids is 2. The maximum Gasteiger partial charge on any atom is 0.573 e. The first-order valence-electron chi connectivity index (χ1n) is 9.81. The third kappa shape index (κ3) is 3.80. The van der Waals surface area contributed by atoms with E-state index in [-0.39, 0.29) is 23.1 Å². The van der Waals surface area contributed by atoms with Gasteiger partial charge in [0.1, 0.15) is 10.6 Å². The first-order valence-corrected chi connectivity index (χ1v) is 11.0. The molecule has 3 aromatic rings. The van der Waals surface area contributed by atoms with Crippen LogP contribution in [0.3, 0.4) is 0 Å². The first-order chi connectivity index (χ1) is 15.1. The van der Waals surface area contributed by atoms with E-state index >= 15 is 0 Å². The van der Waals surface area contributed by atoms with Crippen LogP contribution in [0.25, 0.3) is 21.2 Å². The molecule has 2 saturated heterocycles. The van der Waals surface area contributed by atoms with Gasteiger partial charge in [-0.25, -0.2) is 0 Å². The zero-order valence-electron chi connectivity index (χ0n) is 16.5. The molecule has 0 saturated carbocycles. The lowest BCUT2D eigenvalue weighted by Gasteiger charge is -2.47. The summed E-state index contributed by atoms with van der Waals surface area (Å²) in [5.74, 6) is -0.444. The second-order valence-corrected chi connectivity index (χ2v) is 9.45. The molecule has 0 unspecified atom stereocenters. The van der Waals surface area contributed by atoms with Crippen LogP contribution < -0.4 is 10.1 Å². The van der Waals surface area contributed by atoms with Crippen LogP contribution in [-0.2, 0) is 4.79 Å². The van der Waals surface area contributed by atoms with Gasteiger partial charge in [-0.05, 0) is 35.7 Å². The fourth-order valence-corrected chi connectivity index (χ4v) is 5.73. The predicted molar refractivity (Wildman–Crippen MR) is 115 cm³/mol. The standard InChI is InChI=1S/C22H16ClF3N2O3S/c23-18-15-6-3-13(12-1-4-14(5-2-12)31-22(24,25)26)9-16(15)32-19(18)20(30)28-10-21(11-28)8-7-17(29)27-21/h1-6,9H,7-8,10-11H2,(H,27,29). The van der Waals surface area contributed by atoms with Crippen molar-refractivity contribution in [3.8, 4) is 16.9 Å². The van der Waals surface area contributed by atoms with Crippen LogP contribution in [0.1, 0.15) is 22.5 Å². The van der Waals surface area contributed by atoms with Crippen molar-refractivity contribution in [1.29, 1.82) is 0 Å². The highest BCUT2D eigenvalue weighted by Crippen LogP contribution is 2.40. The monoisotopic (exact) mass is 480 g/mol. The van der Waals surface area contributed by atoms with Crippen molar-refractivity contribution >= 4 is 44.8 Å². The van der Waals surface area contributed by atoms with Crippen molar-refractivity contribution in [3.05, 3.63) is 52.4 Å². The Kier molecular flexibility index (Phi) is 4.86. The van der Waals surface area contributed by atoms with Crippen LogP contribution in [0, 0.1) is 0 Å². The minimum atomic E-state index is -4.74. The highest BCUT2D eigenvalue weighted by Gasteiger charge is 2.49. The van der Waals surface area contributed by atoms with Crippen LogP contribution >= 0.6 is 22.9 Å². The maximum atomic E-state index is 13.0. The third-order valence-electron chi connectivity index (χ3n) is 5.75. The maximum absolute atomic E-state index is 13.0. The largest absolute Gasteiger partial charge is 0.573 e. The Morgan fingerprint density at radius 1 is 1.12 bits per heavy atom. The lowest BCUT2D eigenvalue weighted by molar-refractivity contribution is -0.274. The number of thiophene rings is 1. The molecule has 1 aromatic heterocycles. The molecule has 0 bridgehead atoms. The molecule has 0 aliphatic carbocycles. The quantitative estimate of drug-likeness (QED) is 0.559. The highest BCUT2D eigenvalue weighted by atomic mass is 35.5. The van der Waals surface area contributed by atoms with Gasteiger partial charge < -0.3 is 15.0 Å². The molecule has 2 aromatic carbocycles. The summed E-state index contributed by atoms with van der Waals surface area (Å²) >= 11 is 7.78. The van der Waals surface area contributed by atoms with Gasteiger partial charge in [-0.15, -0.1) is 24.5 Å². The molecule has 0 atom stereocenters. The number of nitrogens with one attached hydrogen (secondary N) is 1. The molecule has 5 rings (SSSR count). The van der Waals surface area contributed by atoms with Crippen LogP contribution in [-0.4, -0.2) is 41.7 Å². The molecule has 2 fully saturated rings. The smallest absolute Gasteiger partial charge is 0.406 e. The summed E-state index contributed by atoms with van der Waals surface area (Å²) in [6, 6.07) is 11.1. The van der Waals surface area contributed by atoms with Crippen LogP contribution in [0.2, 0.25) is 5.02 Å². The lowest BCUT2D eigenvalue weighted by atomic mass is 9.88. The summed E-state index contributed by atoms with van der Waals surface area (Å²) < 4.78 is 41.8. The van der Waals surface area contributed by atoms with Crippen LogP contribution in [0.4, 0.5) is 13.2 Å². The van der Waals surface area contributed by atoms with E-state index in [2.05, 4.69) is 10.1 Å². The molecule has 166 valence electrons. The number of rotatable bonds is 3. The number of fused-ring (bicyclic) bond motifs is 1. The van der Waals surface area contributed by atoms with E-state index in [1.165, 1.54) is 23.5 Å². The molecule has 1 spiro atoms. The number of ether oxygens (including phenoxy) is 1. The second-order valence-electron chi connectivity index (χ2n) is 8.02. The Labute approximate surface area is 189 Å². The fourth-order valence-electron chi connectivity index (χ4n) is 4.21. The summed E-state index contributed by atoms with van der Waals surface area (Å²) in [4.78, 5) is 26.6. The Balaban J connectivity index is 1.36. The predicted octanol–water partition coefficient (Wildman–Crippen LogP) is 5.22. The number of benzene rings is 2. The van der Waals surface area contributed by atoms with Crippen molar-refractivity contribution in [2.24, 2.45) is 0 Å². The SMILES string of the molecule is O=C1CCC2(CN(C(=O)c3sc4cc(-c5ccc(OC(F)(F)F)cc5)ccc4c3Cl)C2)N1. The fraction of sp³-hybridized carbons (Fsp3) is 0.273. The number of hydrogen-bond donors (Lipinski definition) is 1. The number of nitrogens with zero attached hydrogens (tertiary/aromatic N) is 1. The molecule has 2 amide bonds.